The van der Waals surface area contributed by atoms with Gasteiger partial charge >= 0.3 is 0 Å². The molecule has 3 heteroatoms. The number of nitrogens with one attached hydrogen (secondary N) is 1. The van der Waals surface area contributed by atoms with Gasteiger partial charge in [-0.2, -0.15) is 0 Å². The molecule has 0 saturated carbocycles. The Morgan fingerprint density at radius 1 is 1.44 bits per heavy atom. The smallest absolute Gasteiger partial charge is 0.223 e. The second-order valence-electron chi connectivity index (χ2n) is 5.14. The van der Waals surface area contributed by atoms with Crippen molar-refractivity contribution in [1.29, 1.82) is 0 Å². The molecule has 1 aliphatic heterocycles. The third kappa shape index (κ3) is 2.50. The molecule has 18 heavy (non-hydrogen) atoms. The van der Waals surface area contributed by atoms with Crippen LogP contribution in [-0.4, -0.2) is 29.9 Å². The maximum atomic E-state index is 12.3. The Hall–Kier alpha value is -1.51. The molecule has 0 aliphatic carbocycles. The lowest BCUT2D eigenvalue weighted by atomic mass is 9.97. The van der Waals surface area contributed by atoms with Crippen molar-refractivity contribution in [2.75, 3.05) is 18.4 Å². The van der Waals surface area contributed by atoms with Gasteiger partial charge in [0, 0.05) is 37.2 Å². The van der Waals surface area contributed by atoms with Crippen molar-refractivity contribution < 1.29 is 4.79 Å². The minimum Gasteiger partial charge on any atom is -0.384 e. The highest BCUT2D eigenvalue weighted by atomic mass is 16.2. The minimum absolute atomic E-state index is 0.260. The Morgan fingerprint density at radius 2 is 2.17 bits per heavy atom. The van der Waals surface area contributed by atoms with Gasteiger partial charge in [0.2, 0.25) is 5.91 Å². The lowest BCUT2D eigenvalue weighted by Crippen LogP contribution is -2.37. The molecule has 0 fully saturated rings. The second-order valence-corrected chi connectivity index (χ2v) is 5.14. The van der Waals surface area contributed by atoms with Crippen molar-refractivity contribution in [1.82, 2.24) is 4.90 Å². The molecule has 1 aromatic carbocycles. The van der Waals surface area contributed by atoms with E-state index in [1.165, 1.54) is 11.3 Å². The van der Waals surface area contributed by atoms with Crippen LogP contribution >= 0.6 is 0 Å². The standard InChI is InChI=1S/C15H22N2O/c1-4-17(11(2)3)15(18)9-12-10-16-14-8-6-5-7-13(12)14/h5-8,11-12,16H,4,9-10H2,1-3H3. The fourth-order valence-corrected chi connectivity index (χ4v) is 2.70. The van der Waals surface area contributed by atoms with Gasteiger partial charge in [-0.1, -0.05) is 18.2 Å². The van der Waals surface area contributed by atoms with E-state index in [1.54, 1.807) is 0 Å². The molecule has 0 spiro atoms. The molecule has 1 N–H and O–H groups in total. The van der Waals surface area contributed by atoms with Gasteiger partial charge in [0.15, 0.2) is 0 Å². The quantitative estimate of drug-likeness (QED) is 0.886. The highest BCUT2D eigenvalue weighted by Crippen LogP contribution is 2.33. The van der Waals surface area contributed by atoms with Crippen molar-refractivity contribution in [2.45, 2.75) is 39.2 Å². The van der Waals surface area contributed by atoms with Crippen molar-refractivity contribution in [2.24, 2.45) is 0 Å². The number of anilines is 1. The highest BCUT2D eigenvalue weighted by Gasteiger charge is 2.26. The predicted octanol–water partition coefficient (Wildman–Crippen LogP) is 2.84. The summed E-state index contributed by atoms with van der Waals surface area (Å²) in [4.78, 5) is 14.2. The molecule has 98 valence electrons. The Labute approximate surface area is 109 Å². The van der Waals surface area contributed by atoms with Crippen LogP contribution in [0.2, 0.25) is 0 Å². The zero-order chi connectivity index (χ0) is 13.1. The number of fused-ring (bicyclic) bond motifs is 1. The molecular weight excluding hydrogens is 224 g/mol. The zero-order valence-corrected chi connectivity index (χ0v) is 11.4. The molecule has 0 bridgehead atoms. The summed E-state index contributed by atoms with van der Waals surface area (Å²) in [6.07, 6.45) is 0.607. The van der Waals surface area contributed by atoms with Crippen LogP contribution < -0.4 is 5.32 Å². The molecule has 3 nitrogen and oxygen atoms in total. The number of hydrogen-bond acceptors (Lipinski definition) is 2. The van der Waals surface area contributed by atoms with Crippen molar-refractivity contribution >= 4 is 11.6 Å². The van der Waals surface area contributed by atoms with E-state index in [1.807, 2.05) is 24.0 Å². The van der Waals surface area contributed by atoms with E-state index in [9.17, 15) is 4.79 Å². The maximum absolute atomic E-state index is 12.3. The van der Waals surface area contributed by atoms with Crippen LogP contribution in [0.4, 0.5) is 5.69 Å². The summed E-state index contributed by atoms with van der Waals surface area (Å²) in [5, 5.41) is 3.37. The molecule has 0 radical (unpaired) electrons. The summed E-state index contributed by atoms with van der Waals surface area (Å²) in [6, 6.07) is 8.57. The van der Waals surface area contributed by atoms with E-state index in [0.717, 1.165) is 13.1 Å². The Balaban J connectivity index is 2.05. The Bertz CT molecular complexity index is 428. The SMILES string of the molecule is CCN(C(=O)CC1CNc2ccccc21)C(C)C. The van der Waals surface area contributed by atoms with E-state index in [2.05, 4.69) is 31.3 Å². The number of para-hydroxylation sites is 1. The van der Waals surface area contributed by atoms with Gasteiger partial charge in [-0.25, -0.2) is 0 Å². The van der Waals surface area contributed by atoms with Gasteiger partial charge in [-0.05, 0) is 32.4 Å². The van der Waals surface area contributed by atoms with Gasteiger partial charge in [0.25, 0.3) is 0 Å². The number of carbonyl (C=O) groups excluding carboxylic acids is 1. The van der Waals surface area contributed by atoms with Crippen LogP contribution in [0, 0.1) is 0 Å². The summed E-state index contributed by atoms with van der Waals surface area (Å²) in [6.45, 7) is 7.85. The highest BCUT2D eigenvalue weighted by molar-refractivity contribution is 5.78. The lowest BCUT2D eigenvalue weighted by Gasteiger charge is -2.26. The average molecular weight is 246 g/mol. The average Bonchev–Trinajstić information content (AvgIpc) is 2.73. The van der Waals surface area contributed by atoms with Gasteiger partial charge in [-0.3, -0.25) is 4.79 Å². The third-order valence-corrected chi connectivity index (χ3v) is 3.64. The third-order valence-electron chi connectivity index (χ3n) is 3.64. The number of rotatable bonds is 4. The minimum atomic E-state index is 0.260. The van der Waals surface area contributed by atoms with Crippen LogP contribution in [0.15, 0.2) is 24.3 Å². The number of nitrogens with zero attached hydrogens (tertiary/aromatic N) is 1. The van der Waals surface area contributed by atoms with Crippen molar-refractivity contribution in [3.05, 3.63) is 29.8 Å². The summed E-state index contributed by atoms with van der Waals surface area (Å²) in [5.41, 5.74) is 2.47. The normalized spacial score (nSPS) is 17.4. The van der Waals surface area contributed by atoms with Crippen LogP contribution in [0.5, 0.6) is 0 Å². The second kappa shape index (κ2) is 5.42. The summed E-state index contributed by atoms with van der Waals surface area (Å²) in [5.74, 6) is 0.581. The first kappa shape index (κ1) is 12.9. The molecular formula is C15H22N2O. The van der Waals surface area contributed by atoms with Crippen molar-refractivity contribution in [3.63, 3.8) is 0 Å². The van der Waals surface area contributed by atoms with Crippen LogP contribution in [-0.2, 0) is 4.79 Å². The number of carbonyl (C=O) groups is 1. The topological polar surface area (TPSA) is 32.3 Å². The first-order chi connectivity index (χ1) is 8.63. The first-order valence-corrected chi connectivity index (χ1v) is 6.75. The van der Waals surface area contributed by atoms with E-state index in [4.69, 9.17) is 0 Å². The molecule has 1 unspecified atom stereocenters. The van der Waals surface area contributed by atoms with E-state index < -0.39 is 0 Å². The molecule has 1 aliphatic rings. The van der Waals surface area contributed by atoms with Gasteiger partial charge < -0.3 is 10.2 Å². The fourth-order valence-electron chi connectivity index (χ4n) is 2.70. The Morgan fingerprint density at radius 3 is 2.83 bits per heavy atom. The van der Waals surface area contributed by atoms with Crippen LogP contribution in [0.3, 0.4) is 0 Å². The summed E-state index contributed by atoms with van der Waals surface area (Å²) < 4.78 is 0. The fraction of sp³-hybridized carbons (Fsp3) is 0.533. The largest absolute Gasteiger partial charge is 0.384 e. The van der Waals surface area contributed by atoms with E-state index in [0.29, 0.717) is 12.3 Å². The molecule has 1 heterocycles. The molecule has 1 amide bonds. The zero-order valence-electron chi connectivity index (χ0n) is 11.4. The number of amides is 1. The van der Waals surface area contributed by atoms with Crippen LogP contribution in [0.1, 0.15) is 38.7 Å². The molecule has 1 atom stereocenters. The lowest BCUT2D eigenvalue weighted by molar-refractivity contribution is -0.132. The van der Waals surface area contributed by atoms with E-state index in [-0.39, 0.29) is 11.9 Å². The molecule has 0 aromatic heterocycles. The monoisotopic (exact) mass is 246 g/mol. The van der Waals surface area contributed by atoms with Crippen molar-refractivity contribution in [3.8, 4) is 0 Å². The molecule has 0 saturated heterocycles. The van der Waals surface area contributed by atoms with E-state index >= 15 is 0 Å². The first-order valence-electron chi connectivity index (χ1n) is 6.75. The van der Waals surface area contributed by atoms with Gasteiger partial charge in [0.1, 0.15) is 0 Å². The summed E-state index contributed by atoms with van der Waals surface area (Å²) >= 11 is 0. The Kier molecular flexibility index (Phi) is 3.90. The van der Waals surface area contributed by atoms with Gasteiger partial charge in [-0.15, -0.1) is 0 Å². The maximum Gasteiger partial charge on any atom is 0.223 e. The molecule has 2 rings (SSSR count). The summed E-state index contributed by atoms with van der Waals surface area (Å²) in [7, 11) is 0. The number of benzene rings is 1. The predicted molar refractivity (Wildman–Crippen MR) is 74.8 cm³/mol. The van der Waals surface area contributed by atoms with Crippen LogP contribution in [0.25, 0.3) is 0 Å². The number of hydrogen-bond donors (Lipinski definition) is 1. The van der Waals surface area contributed by atoms with Gasteiger partial charge in [0.05, 0.1) is 0 Å². The molecule has 1 aromatic rings.